The summed E-state index contributed by atoms with van der Waals surface area (Å²) in [7, 11) is 1.64. The molecule has 1 N–H and O–H groups in total. The molecule has 0 aliphatic rings. The van der Waals surface area contributed by atoms with E-state index in [9.17, 15) is 14.0 Å². The van der Waals surface area contributed by atoms with E-state index in [1.165, 1.54) is 17.0 Å². The van der Waals surface area contributed by atoms with Gasteiger partial charge in [-0.3, -0.25) is 4.79 Å². The molecule has 2 aromatic rings. The van der Waals surface area contributed by atoms with E-state index in [0.29, 0.717) is 17.7 Å². The molecule has 140 valence electrons. The Hall–Kier alpha value is -3.20. The van der Waals surface area contributed by atoms with Gasteiger partial charge in [0.2, 0.25) is 0 Å². The number of nitriles is 1. The van der Waals surface area contributed by atoms with Crippen molar-refractivity contribution in [3.63, 3.8) is 0 Å². The number of hydrogen-bond donors (Lipinski definition) is 1. The third-order valence-electron chi connectivity index (χ3n) is 4.49. The summed E-state index contributed by atoms with van der Waals surface area (Å²) in [6, 6.07) is 13.7. The predicted molar refractivity (Wildman–Crippen MR) is 101 cm³/mol. The molecule has 0 saturated carbocycles. The summed E-state index contributed by atoms with van der Waals surface area (Å²) in [6.07, 6.45) is 0. The van der Waals surface area contributed by atoms with Crippen LogP contribution in [-0.2, 0) is 6.54 Å². The van der Waals surface area contributed by atoms with Gasteiger partial charge in [0.25, 0.3) is 0 Å². The zero-order valence-corrected chi connectivity index (χ0v) is 15.6. The van der Waals surface area contributed by atoms with Crippen LogP contribution in [0.1, 0.15) is 35.3 Å². The van der Waals surface area contributed by atoms with E-state index >= 15 is 0 Å². The maximum Gasteiger partial charge on any atom is 0.317 e. The number of halogens is 1. The van der Waals surface area contributed by atoms with Gasteiger partial charge in [0.05, 0.1) is 11.6 Å². The van der Waals surface area contributed by atoms with Crippen LogP contribution in [0.25, 0.3) is 0 Å². The number of nitrogens with zero attached hydrogens (tertiary/aromatic N) is 2. The highest BCUT2D eigenvalue weighted by molar-refractivity contribution is 5.98. The zero-order valence-electron chi connectivity index (χ0n) is 15.6. The summed E-state index contributed by atoms with van der Waals surface area (Å²) < 4.78 is 13.0. The highest BCUT2D eigenvalue weighted by Crippen LogP contribution is 2.14. The van der Waals surface area contributed by atoms with Gasteiger partial charge in [0.15, 0.2) is 5.78 Å². The summed E-state index contributed by atoms with van der Waals surface area (Å²) in [5.74, 6) is -0.857. The number of carbonyl (C=O) groups excluding carboxylic acids is 2. The van der Waals surface area contributed by atoms with Crippen molar-refractivity contribution < 1.29 is 14.0 Å². The first-order chi connectivity index (χ1) is 12.8. The first kappa shape index (κ1) is 20.1. The summed E-state index contributed by atoms with van der Waals surface area (Å²) in [5.41, 5.74) is 1.80. The van der Waals surface area contributed by atoms with Crippen LogP contribution in [0.5, 0.6) is 0 Å². The summed E-state index contributed by atoms with van der Waals surface area (Å²) in [4.78, 5) is 26.4. The molecule has 0 bridgehead atoms. The molecular formula is C21H22FN3O2. The largest absolute Gasteiger partial charge is 0.335 e. The minimum atomic E-state index is -0.430. The highest BCUT2D eigenvalue weighted by atomic mass is 19.1. The Labute approximate surface area is 158 Å². The molecule has 2 rings (SSSR count). The molecule has 5 nitrogen and oxygen atoms in total. The van der Waals surface area contributed by atoms with E-state index in [4.69, 9.17) is 5.26 Å². The van der Waals surface area contributed by atoms with Gasteiger partial charge in [-0.25, -0.2) is 9.18 Å². The van der Waals surface area contributed by atoms with Gasteiger partial charge < -0.3 is 10.2 Å². The molecule has 2 unspecified atom stereocenters. The smallest absolute Gasteiger partial charge is 0.317 e. The van der Waals surface area contributed by atoms with Gasteiger partial charge >= 0.3 is 6.03 Å². The fourth-order valence-electron chi connectivity index (χ4n) is 2.56. The number of urea groups is 1. The second-order valence-corrected chi connectivity index (χ2v) is 6.56. The lowest BCUT2D eigenvalue weighted by Crippen LogP contribution is -2.45. The van der Waals surface area contributed by atoms with E-state index < -0.39 is 5.92 Å². The molecule has 27 heavy (non-hydrogen) atoms. The van der Waals surface area contributed by atoms with Gasteiger partial charge in [-0.15, -0.1) is 0 Å². The summed E-state index contributed by atoms with van der Waals surface area (Å²) in [6.45, 7) is 3.86. The fraction of sp³-hybridized carbons (Fsp3) is 0.286. The van der Waals surface area contributed by atoms with Crippen molar-refractivity contribution in [1.82, 2.24) is 10.2 Å². The van der Waals surface area contributed by atoms with E-state index in [1.807, 2.05) is 6.07 Å². The third-order valence-corrected chi connectivity index (χ3v) is 4.49. The van der Waals surface area contributed by atoms with E-state index in [-0.39, 0.29) is 23.7 Å². The Morgan fingerprint density at radius 3 is 2.26 bits per heavy atom. The average Bonchev–Trinajstić information content (AvgIpc) is 2.68. The first-order valence-corrected chi connectivity index (χ1v) is 8.62. The Bertz CT molecular complexity index is 841. The molecule has 0 saturated heterocycles. The van der Waals surface area contributed by atoms with Crippen LogP contribution in [-0.4, -0.2) is 29.8 Å². The van der Waals surface area contributed by atoms with Crippen LogP contribution >= 0.6 is 0 Å². The number of Topliss-reactive ketones (excluding diaryl/α,β-unsaturated/α-hetero) is 1. The number of rotatable bonds is 6. The lowest BCUT2D eigenvalue weighted by molar-refractivity contribution is 0.0908. The summed E-state index contributed by atoms with van der Waals surface area (Å²) >= 11 is 0. The minimum Gasteiger partial charge on any atom is -0.335 e. The van der Waals surface area contributed by atoms with Crippen LogP contribution < -0.4 is 5.32 Å². The van der Waals surface area contributed by atoms with Gasteiger partial charge in [0.1, 0.15) is 5.82 Å². The first-order valence-electron chi connectivity index (χ1n) is 8.62. The topological polar surface area (TPSA) is 73.2 Å². The van der Waals surface area contributed by atoms with Crippen molar-refractivity contribution in [1.29, 1.82) is 5.26 Å². The van der Waals surface area contributed by atoms with Crippen molar-refractivity contribution in [3.8, 4) is 6.07 Å². The molecule has 6 heteroatoms. The Morgan fingerprint density at radius 2 is 1.70 bits per heavy atom. The number of benzene rings is 2. The fourth-order valence-corrected chi connectivity index (χ4v) is 2.56. The maximum absolute atomic E-state index is 13.0. The molecule has 2 amide bonds. The van der Waals surface area contributed by atoms with Crippen molar-refractivity contribution >= 4 is 11.8 Å². The molecule has 0 spiro atoms. The molecule has 0 aliphatic heterocycles. The van der Waals surface area contributed by atoms with Crippen LogP contribution in [0.4, 0.5) is 9.18 Å². The summed E-state index contributed by atoms with van der Waals surface area (Å²) in [5, 5.41) is 11.7. The van der Waals surface area contributed by atoms with Crippen molar-refractivity contribution in [3.05, 3.63) is 71.0 Å². The standard InChI is InChI=1S/C21H22FN3O2/c1-14(20(26)18-8-4-16(12-23)5-9-18)15(2)24-21(27)25(3)13-17-6-10-19(22)11-7-17/h4-11,14-15H,13H2,1-3H3,(H,24,27). The Kier molecular flexibility index (Phi) is 6.67. The molecule has 0 aromatic heterocycles. The molecule has 0 radical (unpaired) electrons. The van der Waals surface area contributed by atoms with Crippen LogP contribution in [0.3, 0.4) is 0 Å². The highest BCUT2D eigenvalue weighted by Gasteiger charge is 2.24. The number of carbonyl (C=O) groups is 2. The van der Waals surface area contributed by atoms with Crippen LogP contribution in [0.15, 0.2) is 48.5 Å². The van der Waals surface area contributed by atoms with Crippen molar-refractivity contribution in [2.45, 2.75) is 26.4 Å². The van der Waals surface area contributed by atoms with Gasteiger partial charge in [-0.05, 0) is 36.8 Å². The lowest BCUT2D eigenvalue weighted by Gasteiger charge is -2.24. The molecular weight excluding hydrogens is 345 g/mol. The average molecular weight is 367 g/mol. The number of amides is 2. The predicted octanol–water partition coefficient (Wildman–Crippen LogP) is 3.75. The number of nitrogens with one attached hydrogen (secondary N) is 1. The SMILES string of the molecule is CC(NC(=O)N(C)Cc1ccc(F)cc1)C(C)C(=O)c1ccc(C#N)cc1. The number of hydrogen-bond acceptors (Lipinski definition) is 3. The van der Waals surface area contributed by atoms with Crippen LogP contribution in [0, 0.1) is 23.1 Å². The molecule has 2 aromatic carbocycles. The third kappa shape index (κ3) is 5.38. The molecule has 0 aliphatic carbocycles. The monoisotopic (exact) mass is 367 g/mol. The Balaban J connectivity index is 1.94. The molecule has 0 fully saturated rings. The lowest BCUT2D eigenvalue weighted by atomic mass is 9.93. The second-order valence-electron chi connectivity index (χ2n) is 6.56. The second kappa shape index (κ2) is 8.95. The van der Waals surface area contributed by atoms with Gasteiger partial charge in [0, 0.05) is 31.1 Å². The van der Waals surface area contributed by atoms with Crippen molar-refractivity contribution in [2.75, 3.05) is 7.05 Å². The zero-order chi connectivity index (χ0) is 20.0. The maximum atomic E-state index is 13.0. The van der Waals surface area contributed by atoms with Gasteiger partial charge in [-0.1, -0.05) is 31.2 Å². The van der Waals surface area contributed by atoms with E-state index in [1.54, 1.807) is 57.3 Å². The Morgan fingerprint density at radius 1 is 1.11 bits per heavy atom. The minimum absolute atomic E-state index is 0.103. The quantitative estimate of drug-likeness (QED) is 0.791. The number of ketones is 1. The van der Waals surface area contributed by atoms with Crippen LogP contribution in [0.2, 0.25) is 0 Å². The van der Waals surface area contributed by atoms with Crippen molar-refractivity contribution in [2.24, 2.45) is 5.92 Å². The van der Waals surface area contributed by atoms with E-state index in [2.05, 4.69) is 5.32 Å². The normalized spacial score (nSPS) is 12.6. The van der Waals surface area contributed by atoms with Gasteiger partial charge in [-0.2, -0.15) is 5.26 Å². The molecule has 0 heterocycles. The van der Waals surface area contributed by atoms with E-state index in [0.717, 1.165) is 5.56 Å². The molecule has 2 atom stereocenters.